The van der Waals surface area contributed by atoms with Crippen LogP contribution in [0.2, 0.25) is 0 Å². The second kappa shape index (κ2) is 7.21. The van der Waals surface area contributed by atoms with Gasteiger partial charge in [0, 0.05) is 11.1 Å². The van der Waals surface area contributed by atoms with Crippen LogP contribution in [0.4, 0.5) is 0 Å². The van der Waals surface area contributed by atoms with Crippen LogP contribution < -0.4 is 29.6 Å². The van der Waals surface area contributed by atoms with Crippen molar-refractivity contribution in [3.05, 3.63) is 47.5 Å². The summed E-state index contributed by atoms with van der Waals surface area (Å²) in [4.78, 5) is 0. The van der Waals surface area contributed by atoms with Crippen molar-refractivity contribution in [2.45, 2.75) is 26.1 Å². The molecule has 0 aromatic heterocycles. The van der Waals surface area contributed by atoms with Crippen LogP contribution in [0.3, 0.4) is 0 Å². The lowest BCUT2D eigenvalue weighted by molar-refractivity contribution is -0.761. The van der Waals surface area contributed by atoms with Gasteiger partial charge in [-0.05, 0) is 43.3 Å². The molecule has 1 atom stereocenters. The van der Waals surface area contributed by atoms with E-state index in [1.54, 1.807) is 0 Å². The molecule has 0 unspecified atom stereocenters. The van der Waals surface area contributed by atoms with Crippen LogP contribution >= 0.6 is 0 Å². The molecule has 6 nitrogen and oxygen atoms in total. The van der Waals surface area contributed by atoms with Crippen LogP contribution in [0.1, 0.15) is 18.1 Å². The molecule has 25 heavy (non-hydrogen) atoms. The minimum Gasteiger partial charge on any atom is -0.454 e. The van der Waals surface area contributed by atoms with Gasteiger partial charge in [-0.25, -0.2) is 0 Å². The zero-order valence-corrected chi connectivity index (χ0v) is 14.4. The first-order valence-corrected chi connectivity index (χ1v) is 8.70. The highest BCUT2D eigenvalue weighted by Gasteiger charge is 2.16. The average Bonchev–Trinajstić information content (AvgIpc) is 3.28. The first-order valence-electron chi connectivity index (χ1n) is 8.70. The van der Waals surface area contributed by atoms with Gasteiger partial charge in [0.25, 0.3) is 0 Å². The van der Waals surface area contributed by atoms with Gasteiger partial charge in [-0.3, -0.25) is 0 Å². The van der Waals surface area contributed by atoms with E-state index >= 15 is 0 Å². The Bertz CT molecular complexity index is 750. The van der Waals surface area contributed by atoms with E-state index in [2.05, 4.69) is 41.8 Å². The molecular formula is C19H24N2O4+2. The third-order valence-electron chi connectivity index (χ3n) is 4.55. The maximum absolute atomic E-state index is 5.43. The lowest BCUT2D eigenvalue weighted by atomic mass is 10.2. The molecule has 4 rings (SSSR count). The molecule has 2 aliphatic heterocycles. The van der Waals surface area contributed by atoms with Gasteiger partial charge in [-0.1, -0.05) is 0 Å². The molecule has 2 aromatic rings. The second-order valence-corrected chi connectivity index (χ2v) is 6.52. The fourth-order valence-electron chi connectivity index (χ4n) is 3.08. The Balaban J connectivity index is 1.21. The molecule has 0 saturated heterocycles. The van der Waals surface area contributed by atoms with Gasteiger partial charge in [0.1, 0.15) is 25.7 Å². The number of ether oxygens (including phenoxy) is 4. The number of hydrogen-bond donors (Lipinski definition) is 2. The third-order valence-corrected chi connectivity index (χ3v) is 4.55. The Hall–Kier alpha value is -2.44. The molecule has 2 aromatic carbocycles. The topological polar surface area (TPSA) is 70.1 Å². The van der Waals surface area contributed by atoms with E-state index in [1.807, 2.05) is 12.1 Å². The zero-order chi connectivity index (χ0) is 17.1. The SMILES string of the molecule is C[C@H](C[NH2+]Cc1ccc2c(c1)OCO2)[NH2+]Cc1ccc2c(c1)OCO2. The molecule has 0 radical (unpaired) electrons. The molecule has 0 bridgehead atoms. The summed E-state index contributed by atoms with van der Waals surface area (Å²) in [6, 6.07) is 12.8. The number of hydrogen-bond acceptors (Lipinski definition) is 4. The summed E-state index contributed by atoms with van der Waals surface area (Å²) in [6.45, 7) is 5.85. The number of nitrogens with two attached hydrogens (primary N) is 2. The predicted octanol–water partition coefficient (Wildman–Crippen LogP) is 0.360. The van der Waals surface area contributed by atoms with Crippen molar-refractivity contribution >= 4 is 0 Å². The Morgan fingerprint density at radius 2 is 1.36 bits per heavy atom. The van der Waals surface area contributed by atoms with Crippen LogP contribution in [0.15, 0.2) is 36.4 Å². The Labute approximate surface area is 147 Å². The first-order chi connectivity index (χ1) is 12.3. The fourth-order valence-corrected chi connectivity index (χ4v) is 3.08. The number of fused-ring (bicyclic) bond motifs is 2. The molecule has 0 amide bonds. The van der Waals surface area contributed by atoms with Crippen molar-refractivity contribution in [3.63, 3.8) is 0 Å². The van der Waals surface area contributed by atoms with Crippen molar-refractivity contribution in [3.8, 4) is 23.0 Å². The maximum atomic E-state index is 5.43. The van der Waals surface area contributed by atoms with Crippen molar-refractivity contribution in [1.82, 2.24) is 0 Å². The quantitative estimate of drug-likeness (QED) is 0.761. The van der Waals surface area contributed by atoms with Gasteiger partial charge in [0.15, 0.2) is 23.0 Å². The van der Waals surface area contributed by atoms with Gasteiger partial charge < -0.3 is 29.6 Å². The van der Waals surface area contributed by atoms with Crippen molar-refractivity contribution in [1.29, 1.82) is 0 Å². The summed E-state index contributed by atoms with van der Waals surface area (Å²) >= 11 is 0. The minimum absolute atomic E-state index is 0.327. The molecule has 0 fully saturated rings. The Kier molecular flexibility index (Phi) is 4.63. The largest absolute Gasteiger partial charge is 0.454 e. The highest BCUT2D eigenvalue weighted by molar-refractivity contribution is 5.44. The Morgan fingerprint density at radius 3 is 2.00 bits per heavy atom. The third kappa shape index (κ3) is 3.81. The van der Waals surface area contributed by atoms with E-state index in [4.69, 9.17) is 18.9 Å². The minimum atomic E-state index is 0.327. The van der Waals surface area contributed by atoms with Gasteiger partial charge in [0.2, 0.25) is 13.6 Å². The second-order valence-electron chi connectivity index (χ2n) is 6.52. The van der Waals surface area contributed by atoms with E-state index in [0.717, 1.165) is 42.6 Å². The molecule has 132 valence electrons. The number of rotatable bonds is 7. The van der Waals surface area contributed by atoms with Crippen molar-refractivity contribution < 1.29 is 29.6 Å². The smallest absolute Gasteiger partial charge is 0.231 e. The van der Waals surface area contributed by atoms with Crippen LogP contribution in [-0.4, -0.2) is 26.2 Å². The monoisotopic (exact) mass is 344 g/mol. The van der Waals surface area contributed by atoms with Gasteiger partial charge >= 0.3 is 0 Å². The van der Waals surface area contributed by atoms with E-state index in [1.165, 1.54) is 11.1 Å². The standard InChI is InChI=1S/C19H22N2O4/c1-13(21-10-15-3-5-17-19(7-15)25-12-23-17)8-20-9-14-2-4-16-18(6-14)24-11-22-16/h2-7,13,20-21H,8-12H2,1H3/p+2/t13-/m1/s1. The van der Waals surface area contributed by atoms with E-state index in [9.17, 15) is 0 Å². The first kappa shape index (κ1) is 16.1. The van der Waals surface area contributed by atoms with Crippen LogP contribution in [0.25, 0.3) is 0 Å². The summed E-state index contributed by atoms with van der Waals surface area (Å²) in [5.41, 5.74) is 2.51. The van der Waals surface area contributed by atoms with Gasteiger partial charge in [-0.2, -0.15) is 0 Å². The molecule has 2 aliphatic rings. The van der Waals surface area contributed by atoms with Gasteiger partial charge in [0.05, 0.1) is 0 Å². The molecular weight excluding hydrogens is 320 g/mol. The summed E-state index contributed by atoms with van der Waals surface area (Å²) in [6.07, 6.45) is 0. The maximum Gasteiger partial charge on any atom is 0.231 e. The number of benzene rings is 2. The highest BCUT2D eigenvalue weighted by atomic mass is 16.7. The lowest BCUT2D eigenvalue weighted by Crippen LogP contribution is -2.97. The summed E-state index contributed by atoms with van der Waals surface area (Å²) < 4.78 is 21.5. The normalized spacial score (nSPS) is 15.4. The van der Waals surface area contributed by atoms with Crippen molar-refractivity contribution in [2.75, 3.05) is 20.1 Å². The van der Waals surface area contributed by atoms with E-state index in [-0.39, 0.29) is 0 Å². The number of quaternary nitrogens is 2. The summed E-state index contributed by atoms with van der Waals surface area (Å²) in [5.74, 6) is 3.39. The molecule has 0 aliphatic carbocycles. The zero-order valence-electron chi connectivity index (χ0n) is 14.4. The Morgan fingerprint density at radius 1 is 0.800 bits per heavy atom. The lowest BCUT2D eigenvalue weighted by Gasteiger charge is -2.10. The average molecular weight is 344 g/mol. The highest BCUT2D eigenvalue weighted by Crippen LogP contribution is 2.32. The molecule has 2 heterocycles. The van der Waals surface area contributed by atoms with Gasteiger partial charge in [-0.15, -0.1) is 0 Å². The van der Waals surface area contributed by atoms with Crippen LogP contribution in [-0.2, 0) is 13.1 Å². The molecule has 4 N–H and O–H groups in total. The van der Waals surface area contributed by atoms with Crippen LogP contribution in [0.5, 0.6) is 23.0 Å². The van der Waals surface area contributed by atoms with E-state index in [0.29, 0.717) is 19.6 Å². The molecule has 0 saturated carbocycles. The molecule has 0 spiro atoms. The van der Waals surface area contributed by atoms with Crippen LogP contribution in [0, 0.1) is 0 Å². The summed E-state index contributed by atoms with van der Waals surface area (Å²) in [7, 11) is 0. The molecule has 6 heteroatoms. The fraction of sp³-hybridized carbons (Fsp3) is 0.368. The summed E-state index contributed by atoms with van der Waals surface area (Å²) in [5, 5.41) is 4.69. The van der Waals surface area contributed by atoms with E-state index < -0.39 is 0 Å². The van der Waals surface area contributed by atoms with Crippen molar-refractivity contribution in [2.24, 2.45) is 0 Å². The predicted molar refractivity (Wildman–Crippen MR) is 90.7 cm³/mol.